The third-order valence-corrected chi connectivity index (χ3v) is 5.33. The molecule has 1 heterocycles. The molecule has 1 aromatic heterocycles. The molecule has 6 N–H and O–H groups in total. The van der Waals surface area contributed by atoms with Gasteiger partial charge in [0.25, 0.3) is 11.8 Å². The van der Waals surface area contributed by atoms with Crippen LogP contribution < -0.4 is 22.1 Å². The molecule has 2 amide bonds. The van der Waals surface area contributed by atoms with Gasteiger partial charge in [-0.3, -0.25) is 9.59 Å². The summed E-state index contributed by atoms with van der Waals surface area (Å²) in [6, 6.07) is 0. The van der Waals surface area contributed by atoms with E-state index in [0.717, 1.165) is 17.9 Å². The van der Waals surface area contributed by atoms with Crippen LogP contribution in [0.4, 0.5) is 10.7 Å². The van der Waals surface area contributed by atoms with E-state index in [0.29, 0.717) is 10.9 Å². The minimum Gasteiger partial charge on any atom is -0.397 e. The average Bonchev–Trinajstić information content (AvgIpc) is 2.78. The van der Waals surface area contributed by atoms with Gasteiger partial charge in [0, 0.05) is 13.6 Å². The number of thiophene rings is 1. The lowest BCUT2D eigenvalue weighted by Gasteiger charge is -2.28. The van der Waals surface area contributed by atoms with Crippen molar-refractivity contribution in [1.29, 1.82) is 0 Å². The average molecular weight is 310 g/mol. The van der Waals surface area contributed by atoms with E-state index in [1.165, 1.54) is 32.1 Å². The van der Waals surface area contributed by atoms with E-state index < -0.39 is 11.8 Å². The number of hydrogen-bond acceptors (Lipinski definition) is 5. The first-order valence-corrected chi connectivity index (χ1v) is 7.96. The highest BCUT2D eigenvalue weighted by Gasteiger charge is 2.26. The van der Waals surface area contributed by atoms with E-state index in [2.05, 4.69) is 0 Å². The number of nitrogens with zero attached hydrogens (tertiary/aromatic N) is 1. The second kappa shape index (κ2) is 6.34. The van der Waals surface area contributed by atoms with Crippen molar-refractivity contribution in [3.05, 3.63) is 10.4 Å². The maximum Gasteiger partial charge on any atom is 0.260 e. The Bertz CT molecular complexity index is 549. The van der Waals surface area contributed by atoms with Crippen molar-refractivity contribution >= 4 is 33.8 Å². The molecule has 2 rings (SSSR count). The number of carbonyl (C=O) groups excluding carboxylic acids is 2. The molecule has 116 valence electrons. The summed E-state index contributed by atoms with van der Waals surface area (Å²) in [5.41, 5.74) is 16.9. The van der Waals surface area contributed by atoms with Gasteiger partial charge in [-0.2, -0.15) is 0 Å². The molecule has 0 saturated heterocycles. The highest BCUT2D eigenvalue weighted by Crippen LogP contribution is 2.38. The molecule has 0 aromatic carbocycles. The fraction of sp³-hybridized carbons (Fsp3) is 0.571. The van der Waals surface area contributed by atoms with Gasteiger partial charge in [-0.15, -0.1) is 11.3 Å². The van der Waals surface area contributed by atoms with Crippen molar-refractivity contribution in [2.75, 3.05) is 24.2 Å². The third kappa shape index (κ3) is 3.29. The minimum absolute atomic E-state index is 0.102. The van der Waals surface area contributed by atoms with Crippen molar-refractivity contribution in [2.45, 2.75) is 32.1 Å². The van der Waals surface area contributed by atoms with Gasteiger partial charge in [0.15, 0.2) is 0 Å². The molecule has 0 spiro atoms. The van der Waals surface area contributed by atoms with Gasteiger partial charge in [0.05, 0.1) is 11.3 Å². The van der Waals surface area contributed by atoms with Crippen LogP contribution in [0, 0.1) is 5.92 Å². The molecule has 21 heavy (non-hydrogen) atoms. The number of primary amides is 2. The fourth-order valence-electron chi connectivity index (χ4n) is 2.96. The Morgan fingerprint density at radius 3 is 2.33 bits per heavy atom. The number of hydrogen-bond donors (Lipinski definition) is 3. The highest BCUT2D eigenvalue weighted by molar-refractivity contribution is 7.19. The van der Waals surface area contributed by atoms with Crippen molar-refractivity contribution in [3.8, 4) is 0 Å². The monoisotopic (exact) mass is 310 g/mol. The number of amides is 2. The van der Waals surface area contributed by atoms with E-state index >= 15 is 0 Å². The van der Waals surface area contributed by atoms with E-state index in [9.17, 15) is 9.59 Å². The quantitative estimate of drug-likeness (QED) is 0.765. The molecule has 1 aliphatic carbocycles. The molecule has 0 aliphatic heterocycles. The molecule has 0 atom stereocenters. The maximum atomic E-state index is 11.6. The van der Waals surface area contributed by atoms with Gasteiger partial charge in [0.1, 0.15) is 9.88 Å². The van der Waals surface area contributed by atoms with Gasteiger partial charge in [-0.1, -0.05) is 19.3 Å². The number of nitrogen functional groups attached to an aromatic ring is 1. The van der Waals surface area contributed by atoms with Gasteiger partial charge >= 0.3 is 0 Å². The third-order valence-electron chi connectivity index (χ3n) is 4.00. The molecule has 0 radical (unpaired) electrons. The van der Waals surface area contributed by atoms with Gasteiger partial charge in [0.2, 0.25) is 0 Å². The summed E-state index contributed by atoms with van der Waals surface area (Å²) in [6.07, 6.45) is 6.19. The van der Waals surface area contributed by atoms with Crippen molar-refractivity contribution in [3.63, 3.8) is 0 Å². The smallest absolute Gasteiger partial charge is 0.260 e. The lowest BCUT2D eigenvalue weighted by Crippen LogP contribution is -2.28. The van der Waals surface area contributed by atoms with Gasteiger partial charge in [-0.05, 0) is 18.8 Å². The minimum atomic E-state index is -0.627. The first kappa shape index (κ1) is 15.6. The van der Waals surface area contributed by atoms with Crippen LogP contribution in [-0.2, 0) is 0 Å². The SMILES string of the molecule is CN(CC1CCCCC1)c1sc(C(N)=O)c(N)c1C(N)=O. The molecule has 7 heteroatoms. The zero-order valence-corrected chi connectivity index (χ0v) is 13.0. The summed E-state index contributed by atoms with van der Waals surface area (Å²) >= 11 is 1.14. The molecule has 1 aromatic rings. The fourth-order valence-corrected chi connectivity index (χ4v) is 4.01. The number of carbonyl (C=O) groups is 2. The van der Waals surface area contributed by atoms with Gasteiger partial charge < -0.3 is 22.1 Å². The normalized spacial score (nSPS) is 15.9. The molecular formula is C14H22N4O2S. The van der Waals surface area contributed by atoms with Crippen molar-refractivity contribution in [1.82, 2.24) is 0 Å². The zero-order chi connectivity index (χ0) is 15.6. The van der Waals surface area contributed by atoms with E-state index in [4.69, 9.17) is 17.2 Å². The Morgan fingerprint density at radius 2 is 1.81 bits per heavy atom. The largest absolute Gasteiger partial charge is 0.397 e. The number of rotatable bonds is 5. The van der Waals surface area contributed by atoms with Crippen LogP contribution in [0.2, 0.25) is 0 Å². The maximum absolute atomic E-state index is 11.6. The Morgan fingerprint density at radius 1 is 1.19 bits per heavy atom. The summed E-state index contributed by atoms with van der Waals surface area (Å²) in [6.45, 7) is 0.832. The van der Waals surface area contributed by atoms with Crippen LogP contribution in [0.15, 0.2) is 0 Å². The molecule has 0 bridgehead atoms. The summed E-state index contributed by atoms with van der Waals surface area (Å²) in [5, 5.41) is 0.638. The Kier molecular flexibility index (Phi) is 4.72. The first-order valence-electron chi connectivity index (χ1n) is 7.14. The molecule has 6 nitrogen and oxygen atoms in total. The number of nitrogens with two attached hydrogens (primary N) is 3. The van der Waals surface area contributed by atoms with Crippen LogP contribution >= 0.6 is 11.3 Å². The zero-order valence-electron chi connectivity index (χ0n) is 12.2. The van der Waals surface area contributed by atoms with Crippen LogP contribution in [0.1, 0.15) is 52.1 Å². The molecule has 1 saturated carbocycles. The van der Waals surface area contributed by atoms with E-state index in [-0.39, 0.29) is 16.1 Å². The van der Waals surface area contributed by atoms with Crippen LogP contribution in [0.5, 0.6) is 0 Å². The molecule has 1 aliphatic rings. The second-order valence-corrected chi connectivity index (χ2v) is 6.64. The topological polar surface area (TPSA) is 115 Å². The van der Waals surface area contributed by atoms with Crippen LogP contribution in [0.3, 0.4) is 0 Å². The predicted octanol–water partition coefficient (Wildman–Crippen LogP) is 1.54. The van der Waals surface area contributed by atoms with Crippen molar-refractivity contribution in [2.24, 2.45) is 17.4 Å². The van der Waals surface area contributed by atoms with Crippen LogP contribution in [-0.4, -0.2) is 25.4 Å². The number of anilines is 2. The molecule has 1 fully saturated rings. The Hall–Kier alpha value is -1.76. The highest BCUT2D eigenvalue weighted by atomic mass is 32.1. The molecular weight excluding hydrogens is 288 g/mol. The summed E-state index contributed by atoms with van der Waals surface area (Å²) < 4.78 is 0. The summed E-state index contributed by atoms with van der Waals surface area (Å²) in [5.74, 6) is -0.649. The Balaban J connectivity index is 2.26. The lowest BCUT2D eigenvalue weighted by atomic mass is 9.89. The van der Waals surface area contributed by atoms with Crippen molar-refractivity contribution < 1.29 is 9.59 Å². The lowest BCUT2D eigenvalue weighted by molar-refractivity contribution is 0.0999. The Labute approximate surface area is 128 Å². The van der Waals surface area contributed by atoms with Crippen LogP contribution in [0.25, 0.3) is 0 Å². The first-order chi connectivity index (χ1) is 9.91. The summed E-state index contributed by atoms with van der Waals surface area (Å²) in [7, 11) is 1.90. The van der Waals surface area contributed by atoms with E-state index in [1.807, 2.05) is 11.9 Å². The second-order valence-electron chi connectivity index (χ2n) is 5.64. The van der Waals surface area contributed by atoms with E-state index in [1.54, 1.807) is 0 Å². The van der Waals surface area contributed by atoms with Gasteiger partial charge in [-0.25, -0.2) is 0 Å². The molecule has 0 unspecified atom stereocenters. The summed E-state index contributed by atoms with van der Waals surface area (Å²) in [4.78, 5) is 25.2. The standard InChI is InChI=1S/C14H22N4O2S/c1-18(7-8-5-3-2-4-6-8)14-9(12(16)19)10(15)11(21-14)13(17)20/h8H,2-7,15H2,1H3,(H2,16,19)(H2,17,20). The predicted molar refractivity (Wildman–Crippen MR) is 85.6 cm³/mol.